The van der Waals surface area contributed by atoms with E-state index in [4.69, 9.17) is 4.74 Å². The topological polar surface area (TPSA) is 66.8 Å². The molecule has 3 rings (SSSR count). The first kappa shape index (κ1) is 19.4. The second-order valence-corrected chi connectivity index (χ2v) is 9.42. The summed E-state index contributed by atoms with van der Waals surface area (Å²) in [4.78, 5) is 26.9. The highest BCUT2D eigenvalue weighted by molar-refractivity contribution is 9.10. The summed E-state index contributed by atoms with van der Waals surface area (Å²) < 4.78 is 6.61. The summed E-state index contributed by atoms with van der Waals surface area (Å²) in [5.41, 5.74) is -2.30. The highest BCUT2D eigenvalue weighted by atomic mass is 79.9. The minimum absolute atomic E-state index is 0.00571. The first-order valence-electron chi connectivity index (χ1n) is 8.96. The fraction of sp³-hybridized carbons (Fsp3) is 0.600. The lowest BCUT2D eigenvalue weighted by Crippen LogP contribution is -2.58. The molecule has 5 nitrogen and oxygen atoms in total. The predicted molar refractivity (Wildman–Crippen MR) is 101 cm³/mol. The number of rotatable bonds is 3. The van der Waals surface area contributed by atoms with Crippen LogP contribution in [0.5, 0.6) is 0 Å². The molecule has 0 spiro atoms. The lowest BCUT2D eigenvalue weighted by molar-refractivity contribution is -0.199. The van der Waals surface area contributed by atoms with E-state index >= 15 is 0 Å². The van der Waals surface area contributed by atoms with Crippen molar-refractivity contribution in [3.05, 3.63) is 34.3 Å². The molecule has 1 N–H and O–H groups in total. The maximum atomic E-state index is 13.0. The quantitative estimate of drug-likeness (QED) is 0.757. The van der Waals surface area contributed by atoms with Gasteiger partial charge in [0.2, 0.25) is 5.91 Å². The van der Waals surface area contributed by atoms with Crippen molar-refractivity contribution in [3.8, 4) is 0 Å². The summed E-state index contributed by atoms with van der Waals surface area (Å²) in [7, 11) is 1.59. The largest absolute Gasteiger partial charge is 0.459 e. The molecule has 1 saturated heterocycles. The summed E-state index contributed by atoms with van der Waals surface area (Å²) in [6.45, 7) is 5.40. The van der Waals surface area contributed by atoms with E-state index in [0.717, 1.165) is 10.0 Å². The molecule has 142 valence electrons. The molecule has 0 unspecified atom stereocenters. The van der Waals surface area contributed by atoms with Crippen molar-refractivity contribution in [2.45, 2.75) is 57.8 Å². The van der Waals surface area contributed by atoms with Gasteiger partial charge in [-0.3, -0.25) is 9.59 Å². The lowest BCUT2D eigenvalue weighted by Gasteiger charge is -2.42. The molecular weight excluding hydrogens is 398 g/mol. The van der Waals surface area contributed by atoms with Gasteiger partial charge in [0.05, 0.1) is 0 Å². The van der Waals surface area contributed by atoms with Gasteiger partial charge in [0, 0.05) is 23.9 Å². The minimum atomic E-state index is -1.51. The van der Waals surface area contributed by atoms with Gasteiger partial charge >= 0.3 is 5.97 Å². The Morgan fingerprint density at radius 1 is 1.35 bits per heavy atom. The molecule has 1 saturated carbocycles. The Labute approximate surface area is 162 Å². The monoisotopic (exact) mass is 423 g/mol. The number of hydrogen-bond donors (Lipinski definition) is 1. The van der Waals surface area contributed by atoms with Crippen LogP contribution in [-0.2, 0) is 20.7 Å². The van der Waals surface area contributed by atoms with Crippen LogP contribution < -0.4 is 0 Å². The number of fused-ring (bicyclic) bond motifs is 1. The van der Waals surface area contributed by atoms with Crippen LogP contribution >= 0.6 is 15.9 Å². The van der Waals surface area contributed by atoms with Gasteiger partial charge < -0.3 is 14.7 Å². The Balaban J connectivity index is 1.94. The molecule has 1 heterocycles. The molecule has 6 heteroatoms. The number of halogens is 1. The highest BCUT2D eigenvalue weighted by Gasteiger charge is 2.72. The third-order valence-corrected chi connectivity index (χ3v) is 6.25. The maximum absolute atomic E-state index is 13.0. The SMILES string of the molecule is CN1C(=O)C[C@@]2(C(=O)OC(C)(C)C)CC[C@@H](Cc3ccc(Br)cc3)[C@@]12O. The van der Waals surface area contributed by atoms with E-state index in [1.165, 1.54) is 4.90 Å². The van der Waals surface area contributed by atoms with Gasteiger partial charge in [0.15, 0.2) is 5.72 Å². The number of likely N-dealkylation sites (tertiary alicyclic amines) is 1. The molecule has 1 aromatic carbocycles. The fourth-order valence-corrected chi connectivity index (χ4v) is 4.69. The summed E-state index contributed by atoms with van der Waals surface area (Å²) >= 11 is 3.42. The number of hydrogen-bond acceptors (Lipinski definition) is 4. The number of ether oxygens (including phenoxy) is 1. The third-order valence-electron chi connectivity index (χ3n) is 5.72. The first-order valence-corrected chi connectivity index (χ1v) is 9.76. The van der Waals surface area contributed by atoms with Crippen LogP contribution in [0.1, 0.15) is 45.6 Å². The molecule has 1 aliphatic carbocycles. The van der Waals surface area contributed by atoms with Crippen LogP contribution in [0.3, 0.4) is 0 Å². The zero-order valence-corrected chi connectivity index (χ0v) is 17.3. The number of benzene rings is 1. The molecule has 1 aliphatic heterocycles. The van der Waals surface area contributed by atoms with Gasteiger partial charge in [0.1, 0.15) is 11.0 Å². The van der Waals surface area contributed by atoms with Gasteiger partial charge in [-0.1, -0.05) is 28.1 Å². The molecule has 1 amide bonds. The van der Waals surface area contributed by atoms with Crippen molar-refractivity contribution >= 4 is 27.8 Å². The number of amides is 1. The highest BCUT2D eigenvalue weighted by Crippen LogP contribution is 2.59. The van der Waals surface area contributed by atoms with Crippen LogP contribution in [0.25, 0.3) is 0 Å². The van der Waals surface area contributed by atoms with Crippen molar-refractivity contribution in [1.29, 1.82) is 0 Å². The molecule has 26 heavy (non-hydrogen) atoms. The summed E-state index contributed by atoms with van der Waals surface area (Å²) in [5, 5.41) is 11.7. The number of carbonyl (C=O) groups excluding carboxylic acids is 2. The van der Waals surface area contributed by atoms with Crippen LogP contribution in [0.15, 0.2) is 28.7 Å². The number of nitrogens with zero attached hydrogens (tertiary/aromatic N) is 1. The standard InChI is InChI=1S/C20H26BrNO4/c1-18(2,3)26-17(24)19-10-9-14(11-13-5-7-15(21)8-6-13)20(19,25)22(4)16(23)12-19/h5-8,14,25H,9-12H2,1-4H3/t14-,19+,20-/m0/s1. The first-order chi connectivity index (χ1) is 12.0. The second-order valence-electron chi connectivity index (χ2n) is 8.51. The smallest absolute Gasteiger partial charge is 0.318 e. The molecule has 2 fully saturated rings. The number of carbonyl (C=O) groups is 2. The molecule has 0 bridgehead atoms. The van der Waals surface area contributed by atoms with E-state index < -0.39 is 22.7 Å². The zero-order valence-electron chi connectivity index (χ0n) is 15.7. The Kier molecular flexibility index (Phi) is 4.72. The fourth-order valence-electron chi connectivity index (χ4n) is 4.43. The van der Waals surface area contributed by atoms with E-state index in [1.807, 2.05) is 24.3 Å². The Morgan fingerprint density at radius 2 is 1.96 bits per heavy atom. The average molecular weight is 424 g/mol. The zero-order chi connectivity index (χ0) is 19.3. The summed E-state index contributed by atoms with van der Waals surface area (Å²) in [5.74, 6) is -0.894. The average Bonchev–Trinajstić information content (AvgIpc) is 2.92. The Bertz CT molecular complexity index is 726. The van der Waals surface area contributed by atoms with Gasteiger partial charge in [-0.05, 0) is 57.7 Å². The lowest BCUT2D eigenvalue weighted by atomic mass is 9.76. The third kappa shape index (κ3) is 2.97. The van der Waals surface area contributed by atoms with E-state index in [9.17, 15) is 14.7 Å². The van der Waals surface area contributed by atoms with Crippen molar-refractivity contribution < 1.29 is 19.4 Å². The molecule has 1 aromatic rings. The molecule has 0 radical (unpaired) electrons. The van der Waals surface area contributed by atoms with Gasteiger partial charge in [-0.15, -0.1) is 0 Å². The van der Waals surface area contributed by atoms with Crippen molar-refractivity contribution in [2.24, 2.45) is 11.3 Å². The molecule has 2 aliphatic rings. The summed E-state index contributed by atoms with van der Waals surface area (Å²) in [6, 6.07) is 7.91. The van der Waals surface area contributed by atoms with Crippen LogP contribution in [0, 0.1) is 11.3 Å². The van der Waals surface area contributed by atoms with Crippen molar-refractivity contribution in [1.82, 2.24) is 4.90 Å². The van der Waals surface area contributed by atoms with E-state index in [1.54, 1.807) is 27.8 Å². The van der Waals surface area contributed by atoms with E-state index in [-0.39, 0.29) is 18.2 Å². The van der Waals surface area contributed by atoms with Crippen molar-refractivity contribution in [3.63, 3.8) is 0 Å². The van der Waals surface area contributed by atoms with Gasteiger partial charge in [-0.2, -0.15) is 0 Å². The van der Waals surface area contributed by atoms with E-state index in [2.05, 4.69) is 15.9 Å². The molecular formula is C20H26BrNO4. The second kappa shape index (κ2) is 6.34. The Hall–Kier alpha value is -1.40. The summed E-state index contributed by atoms with van der Waals surface area (Å²) in [6.07, 6.45) is 1.73. The number of esters is 1. The molecule has 3 atom stereocenters. The molecule has 0 aromatic heterocycles. The Morgan fingerprint density at radius 3 is 2.54 bits per heavy atom. The van der Waals surface area contributed by atoms with Gasteiger partial charge in [-0.25, -0.2) is 0 Å². The van der Waals surface area contributed by atoms with Crippen molar-refractivity contribution in [2.75, 3.05) is 7.05 Å². The minimum Gasteiger partial charge on any atom is -0.459 e. The van der Waals surface area contributed by atoms with Gasteiger partial charge in [0.25, 0.3) is 0 Å². The maximum Gasteiger partial charge on any atom is 0.318 e. The normalized spacial score (nSPS) is 31.2. The van der Waals surface area contributed by atoms with Crippen LogP contribution in [0.4, 0.5) is 0 Å². The van der Waals surface area contributed by atoms with Crippen LogP contribution in [0.2, 0.25) is 0 Å². The number of aliphatic hydroxyl groups is 1. The van der Waals surface area contributed by atoms with E-state index in [0.29, 0.717) is 19.3 Å². The van der Waals surface area contributed by atoms with Crippen LogP contribution in [-0.4, -0.2) is 40.3 Å². The predicted octanol–water partition coefficient (Wildman–Crippen LogP) is 3.28.